The van der Waals surface area contributed by atoms with Crippen LogP contribution < -0.4 is 5.32 Å². The molecule has 0 spiro atoms. The van der Waals surface area contributed by atoms with Gasteiger partial charge >= 0.3 is 0 Å². The van der Waals surface area contributed by atoms with Crippen LogP contribution in [0, 0.1) is 0 Å². The van der Waals surface area contributed by atoms with Gasteiger partial charge in [0.2, 0.25) is 11.7 Å². The van der Waals surface area contributed by atoms with E-state index in [1.807, 2.05) is 18.7 Å². The molecular weight excluding hydrogens is 250 g/mol. The minimum Gasteiger partial charge on any atom is -0.370 e. The van der Waals surface area contributed by atoms with Gasteiger partial charge in [-0.25, -0.2) is 0 Å². The lowest BCUT2D eigenvalue weighted by Crippen LogP contribution is -2.30. The maximum absolute atomic E-state index is 5.66. The highest BCUT2D eigenvalue weighted by Crippen LogP contribution is 2.24. The third kappa shape index (κ3) is 3.46. The molecular formula is C12H21N3O2S. The Morgan fingerprint density at radius 2 is 2.44 bits per heavy atom. The Morgan fingerprint density at radius 1 is 1.56 bits per heavy atom. The van der Waals surface area contributed by atoms with Crippen LogP contribution >= 0.6 is 11.8 Å². The molecule has 1 aliphatic heterocycles. The van der Waals surface area contributed by atoms with Crippen LogP contribution in [0.25, 0.3) is 0 Å². The van der Waals surface area contributed by atoms with Crippen molar-refractivity contribution in [3.05, 3.63) is 11.7 Å². The molecule has 2 heterocycles. The number of hydrogen-bond acceptors (Lipinski definition) is 6. The van der Waals surface area contributed by atoms with Gasteiger partial charge in [-0.3, -0.25) is 0 Å². The molecule has 18 heavy (non-hydrogen) atoms. The smallest absolute Gasteiger partial charge is 0.244 e. The minimum absolute atomic E-state index is 0.0336. The number of hydrogen-bond donors (Lipinski definition) is 1. The molecule has 6 heteroatoms. The number of aromatic nitrogens is 2. The van der Waals surface area contributed by atoms with E-state index in [1.165, 1.54) is 0 Å². The lowest BCUT2D eigenvalue weighted by molar-refractivity contribution is 0.0477. The van der Waals surface area contributed by atoms with E-state index in [4.69, 9.17) is 9.26 Å². The highest BCUT2D eigenvalue weighted by molar-refractivity contribution is 7.99. The van der Waals surface area contributed by atoms with Crippen molar-refractivity contribution >= 4 is 11.8 Å². The largest absolute Gasteiger partial charge is 0.370 e. The van der Waals surface area contributed by atoms with Crippen molar-refractivity contribution in [3.63, 3.8) is 0 Å². The first kappa shape index (κ1) is 13.8. The number of rotatable bonds is 6. The molecule has 0 aliphatic carbocycles. The Kier molecular flexibility index (Phi) is 5.46. The van der Waals surface area contributed by atoms with Gasteiger partial charge in [-0.1, -0.05) is 18.5 Å². The lowest BCUT2D eigenvalue weighted by atomic mass is 10.2. The second-order valence-corrected chi connectivity index (χ2v) is 5.45. The van der Waals surface area contributed by atoms with Gasteiger partial charge < -0.3 is 14.6 Å². The van der Waals surface area contributed by atoms with E-state index in [9.17, 15) is 0 Å². The van der Waals surface area contributed by atoms with Crippen molar-refractivity contribution in [2.24, 2.45) is 0 Å². The van der Waals surface area contributed by atoms with Crippen molar-refractivity contribution in [3.8, 4) is 0 Å². The molecule has 2 atom stereocenters. The normalized spacial score (nSPS) is 22.0. The van der Waals surface area contributed by atoms with Crippen LogP contribution in [0.15, 0.2) is 4.52 Å². The van der Waals surface area contributed by atoms with Crippen LogP contribution in [0.1, 0.15) is 50.6 Å². The predicted molar refractivity (Wildman–Crippen MR) is 71.6 cm³/mol. The zero-order chi connectivity index (χ0) is 12.8. The van der Waals surface area contributed by atoms with Crippen molar-refractivity contribution in [1.82, 2.24) is 15.5 Å². The lowest BCUT2D eigenvalue weighted by Gasteiger charge is -2.19. The predicted octanol–water partition coefficient (Wildman–Crippen LogP) is 2.32. The van der Waals surface area contributed by atoms with E-state index >= 15 is 0 Å². The molecule has 0 radical (unpaired) electrons. The van der Waals surface area contributed by atoms with Gasteiger partial charge in [-0.05, 0) is 13.3 Å². The van der Waals surface area contributed by atoms with Gasteiger partial charge in [0.1, 0.15) is 6.10 Å². The number of thioether (sulfide) groups is 1. The fourth-order valence-corrected chi connectivity index (χ4v) is 2.92. The van der Waals surface area contributed by atoms with Gasteiger partial charge in [0, 0.05) is 24.7 Å². The summed E-state index contributed by atoms with van der Waals surface area (Å²) in [5.41, 5.74) is 0. The molecule has 2 unspecified atom stereocenters. The molecule has 1 aromatic heterocycles. The first-order valence-electron chi connectivity index (χ1n) is 6.61. The second-order valence-electron chi connectivity index (χ2n) is 4.31. The summed E-state index contributed by atoms with van der Waals surface area (Å²) in [6.45, 7) is 5.79. The Hall–Kier alpha value is -0.590. The van der Waals surface area contributed by atoms with Crippen molar-refractivity contribution in [2.75, 3.05) is 24.7 Å². The summed E-state index contributed by atoms with van der Waals surface area (Å²) in [6.07, 6.45) is 1.94. The zero-order valence-corrected chi connectivity index (χ0v) is 11.8. The number of nitrogens with zero attached hydrogens (tertiary/aromatic N) is 2. The van der Waals surface area contributed by atoms with Crippen molar-refractivity contribution in [1.29, 1.82) is 0 Å². The highest BCUT2D eigenvalue weighted by atomic mass is 32.2. The third-order valence-electron chi connectivity index (χ3n) is 2.88. The zero-order valence-electron chi connectivity index (χ0n) is 11.0. The van der Waals surface area contributed by atoms with Crippen molar-refractivity contribution < 1.29 is 9.26 Å². The quantitative estimate of drug-likeness (QED) is 0.857. The van der Waals surface area contributed by atoms with Gasteiger partial charge in [0.05, 0.1) is 6.04 Å². The maximum atomic E-state index is 5.66. The maximum Gasteiger partial charge on any atom is 0.244 e. The molecule has 1 N–H and O–H groups in total. The number of nitrogens with one attached hydrogen (secondary N) is 1. The van der Waals surface area contributed by atoms with E-state index in [0.717, 1.165) is 30.9 Å². The fourth-order valence-electron chi connectivity index (χ4n) is 1.99. The molecule has 0 bridgehead atoms. The van der Waals surface area contributed by atoms with E-state index in [1.54, 1.807) is 0 Å². The van der Waals surface area contributed by atoms with Crippen LogP contribution in [0.4, 0.5) is 0 Å². The van der Waals surface area contributed by atoms with E-state index in [2.05, 4.69) is 22.4 Å². The van der Waals surface area contributed by atoms with Crippen LogP contribution in [-0.2, 0) is 4.74 Å². The summed E-state index contributed by atoms with van der Waals surface area (Å²) in [5.74, 6) is 3.52. The molecule has 1 saturated heterocycles. The standard InChI is InChI=1S/C12H21N3O2S/c1-3-5-10(16-4-2)11-14-12(17-15-11)9-8-18-7-6-13-9/h9-10,13H,3-8H2,1-2H3. The second kappa shape index (κ2) is 7.11. The van der Waals surface area contributed by atoms with E-state index in [0.29, 0.717) is 18.3 Å². The molecule has 1 fully saturated rings. The van der Waals surface area contributed by atoms with Gasteiger partial charge in [0.15, 0.2) is 0 Å². The summed E-state index contributed by atoms with van der Waals surface area (Å²) in [7, 11) is 0. The molecule has 5 nitrogen and oxygen atoms in total. The summed E-state index contributed by atoms with van der Waals surface area (Å²) < 4.78 is 11.0. The van der Waals surface area contributed by atoms with Gasteiger partial charge in [-0.15, -0.1) is 0 Å². The number of ether oxygens (including phenoxy) is 1. The Labute approximate surface area is 112 Å². The average molecular weight is 271 g/mol. The molecule has 0 saturated carbocycles. The molecule has 0 aromatic carbocycles. The van der Waals surface area contributed by atoms with Crippen LogP contribution in [-0.4, -0.2) is 34.8 Å². The molecule has 0 amide bonds. The molecule has 102 valence electrons. The minimum atomic E-state index is -0.0336. The SMILES string of the molecule is CCCC(OCC)c1noc(C2CSCCN2)n1. The van der Waals surface area contributed by atoms with Gasteiger partial charge in [0.25, 0.3) is 0 Å². The van der Waals surface area contributed by atoms with Crippen molar-refractivity contribution in [2.45, 2.75) is 38.8 Å². The third-order valence-corrected chi connectivity index (χ3v) is 3.95. The monoisotopic (exact) mass is 271 g/mol. The Bertz CT molecular complexity index is 347. The first-order valence-corrected chi connectivity index (χ1v) is 7.76. The molecule has 1 aliphatic rings. The Morgan fingerprint density at radius 3 is 3.11 bits per heavy atom. The first-order chi connectivity index (χ1) is 8.85. The molecule has 2 rings (SSSR count). The fraction of sp³-hybridized carbons (Fsp3) is 0.833. The summed E-state index contributed by atoms with van der Waals surface area (Å²) in [5, 5.41) is 7.46. The average Bonchev–Trinajstić information content (AvgIpc) is 2.89. The van der Waals surface area contributed by atoms with Crippen LogP contribution in [0.2, 0.25) is 0 Å². The summed E-state index contributed by atoms with van der Waals surface area (Å²) in [6, 6.07) is 0.189. The van der Waals surface area contributed by atoms with Gasteiger partial charge in [-0.2, -0.15) is 16.7 Å². The van der Waals surface area contributed by atoms with Crippen LogP contribution in [0.5, 0.6) is 0 Å². The molecule has 1 aromatic rings. The Balaban J connectivity index is 2.02. The van der Waals surface area contributed by atoms with Crippen LogP contribution in [0.3, 0.4) is 0 Å². The summed E-state index contributed by atoms with van der Waals surface area (Å²) in [4.78, 5) is 4.49. The van der Waals surface area contributed by atoms with E-state index < -0.39 is 0 Å². The topological polar surface area (TPSA) is 60.2 Å². The summed E-state index contributed by atoms with van der Waals surface area (Å²) >= 11 is 1.91. The highest BCUT2D eigenvalue weighted by Gasteiger charge is 2.24. The van der Waals surface area contributed by atoms with E-state index in [-0.39, 0.29) is 12.1 Å².